The molecular weight excluding hydrogens is 368 g/mol. The molecule has 0 aromatic heterocycles. The molecule has 7 nitrogen and oxygen atoms in total. The first-order valence-corrected chi connectivity index (χ1v) is 9.12. The first-order valence-electron chi connectivity index (χ1n) is 7.30. The molecule has 0 bridgehead atoms. The van der Waals surface area contributed by atoms with Crippen molar-refractivity contribution in [1.29, 1.82) is 0 Å². The lowest BCUT2D eigenvalue weighted by molar-refractivity contribution is -0.129. The summed E-state index contributed by atoms with van der Waals surface area (Å²) in [5.74, 6) is -0.423. The normalized spacial score (nSPS) is 17.9. The number of hydrogen-bond donors (Lipinski definition) is 2. The molecule has 9 heteroatoms. The Hall–Kier alpha value is -2.29. The van der Waals surface area contributed by atoms with E-state index in [1.54, 1.807) is 30.3 Å². The number of carbonyl (C=O) groups excluding carboxylic acids is 1. The number of sulfonamides is 1. The van der Waals surface area contributed by atoms with Crippen LogP contribution in [0.5, 0.6) is 5.75 Å². The molecule has 0 saturated heterocycles. The van der Waals surface area contributed by atoms with Gasteiger partial charge in [0.05, 0.1) is 35.2 Å². The minimum atomic E-state index is -3.92. The predicted octanol–water partition coefficient (Wildman–Crippen LogP) is 2.49. The smallest absolute Gasteiger partial charge is 0.265 e. The number of hydroxylamine groups is 1. The summed E-state index contributed by atoms with van der Waals surface area (Å²) in [6.07, 6.45) is -0.301. The third-order valence-corrected chi connectivity index (χ3v) is 6.28. The largest absolute Gasteiger partial charge is 0.495 e. The number of ether oxygens (including phenoxy) is 1. The van der Waals surface area contributed by atoms with Crippen LogP contribution in [0.3, 0.4) is 0 Å². The van der Waals surface area contributed by atoms with Gasteiger partial charge >= 0.3 is 0 Å². The summed E-state index contributed by atoms with van der Waals surface area (Å²) in [6.45, 7) is 0. The number of methoxy groups -OCH3 is 1. The Morgan fingerprint density at radius 2 is 1.96 bits per heavy atom. The Morgan fingerprint density at radius 1 is 1.28 bits per heavy atom. The zero-order valence-corrected chi connectivity index (χ0v) is 14.7. The molecule has 1 aliphatic heterocycles. The summed E-state index contributed by atoms with van der Waals surface area (Å²) in [5.41, 5.74) is 2.20. The number of nitrogens with zero attached hydrogens (tertiary/aromatic N) is 1. The van der Waals surface area contributed by atoms with Crippen LogP contribution in [0.1, 0.15) is 18.0 Å². The van der Waals surface area contributed by atoms with Crippen LogP contribution in [-0.2, 0) is 14.8 Å². The minimum Gasteiger partial charge on any atom is -0.495 e. The van der Waals surface area contributed by atoms with Gasteiger partial charge in [0.2, 0.25) is 5.91 Å². The van der Waals surface area contributed by atoms with Gasteiger partial charge in [-0.3, -0.25) is 14.3 Å². The van der Waals surface area contributed by atoms with E-state index < -0.39 is 22.0 Å². The maximum atomic E-state index is 13.0. The predicted molar refractivity (Wildman–Crippen MR) is 91.4 cm³/mol. The van der Waals surface area contributed by atoms with Crippen molar-refractivity contribution in [1.82, 2.24) is 5.48 Å². The van der Waals surface area contributed by atoms with Gasteiger partial charge < -0.3 is 4.74 Å². The number of nitrogens with one attached hydrogen (secondary N) is 1. The fraction of sp³-hybridized carbons (Fsp3) is 0.188. The lowest BCUT2D eigenvalue weighted by Gasteiger charge is -2.25. The summed E-state index contributed by atoms with van der Waals surface area (Å²) >= 11 is 6.35. The van der Waals surface area contributed by atoms with E-state index >= 15 is 0 Å². The van der Waals surface area contributed by atoms with E-state index in [-0.39, 0.29) is 21.9 Å². The standard InChI is InChI=1S/C16H15ClN2O5S/c1-24-12-7-8-13-15(16(12)17)11(9-14(20)18-21)19(25(13,22)23)10-5-3-2-4-6-10/h2-8,11,21H,9H2,1H3,(H,18,20). The number of hydrogen-bond acceptors (Lipinski definition) is 5. The number of halogens is 1. The van der Waals surface area contributed by atoms with Gasteiger partial charge in [0.15, 0.2) is 0 Å². The van der Waals surface area contributed by atoms with Gasteiger partial charge in [-0.15, -0.1) is 0 Å². The van der Waals surface area contributed by atoms with Gasteiger partial charge in [0, 0.05) is 5.56 Å². The highest BCUT2D eigenvalue weighted by molar-refractivity contribution is 7.93. The zero-order valence-electron chi connectivity index (χ0n) is 13.1. The van der Waals surface area contributed by atoms with Gasteiger partial charge in [-0.25, -0.2) is 13.9 Å². The first kappa shape index (κ1) is 17.5. The van der Waals surface area contributed by atoms with Crippen LogP contribution in [0.15, 0.2) is 47.4 Å². The van der Waals surface area contributed by atoms with Gasteiger partial charge in [-0.2, -0.15) is 0 Å². The number of rotatable bonds is 4. The molecule has 2 aromatic carbocycles. The number of amides is 1. The molecule has 1 atom stereocenters. The van der Waals surface area contributed by atoms with Gasteiger partial charge in [-0.05, 0) is 24.3 Å². The molecule has 1 heterocycles. The fourth-order valence-corrected chi connectivity index (χ4v) is 5.24. The van der Waals surface area contributed by atoms with E-state index in [9.17, 15) is 13.2 Å². The molecule has 132 valence electrons. The fourth-order valence-electron chi connectivity index (χ4n) is 2.94. The summed E-state index contributed by atoms with van der Waals surface area (Å²) in [6, 6.07) is 10.4. The van der Waals surface area contributed by atoms with Crippen molar-refractivity contribution in [2.24, 2.45) is 0 Å². The van der Waals surface area contributed by atoms with Crippen molar-refractivity contribution < 1.29 is 23.2 Å². The third-order valence-electron chi connectivity index (χ3n) is 3.99. The maximum absolute atomic E-state index is 13.0. The number of anilines is 1. The molecule has 0 radical (unpaired) electrons. The number of benzene rings is 2. The van der Waals surface area contributed by atoms with Crippen LogP contribution in [0.4, 0.5) is 5.69 Å². The molecule has 2 aromatic rings. The van der Waals surface area contributed by atoms with Crippen molar-refractivity contribution in [2.45, 2.75) is 17.4 Å². The van der Waals surface area contributed by atoms with Crippen LogP contribution in [0.2, 0.25) is 5.02 Å². The zero-order chi connectivity index (χ0) is 18.2. The SMILES string of the molecule is COc1ccc2c(c1Cl)C(CC(=O)NO)N(c1ccccc1)S2(=O)=O. The molecule has 1 aliphatic rings. The second kappa shape index (κ2) is 6.55. The average molecular weight is 383 g/mol. The third kappa shape index (κ3) is 2.82. The number of carbonyl (C=O) groups is 1. The van der Waals surface area contributed by atoms with E-state index in [0.717, 1.165) is 4.31 Å². The Morgan fingerprint density at radius 3 is 2.56 bits per heavy atom. The summed E-state index contributed by atoms with van der Waals surface area (Å²) in [5, 5.41) is 9.00. The van der Waals surface area contributed by atoms with Crippen LogP contribution in [-0.4, -0.2) is 26.6 Å². The van der Waals surface area contributed by atoms with Crippen molar-refractivity contribution in [3.8, 4) is 5.75 Å². The first-order chi connectivity index (χ1) is 11.9. The van der Waals surface area contributed by atoms with E-state index in [1.165, 1.54) is 24.7 Å². The molecule has 0 saturated carbocycles. The monoisotopic (exact) mass is 382 g/mol. The van der Waals surface area contributed by atoms with Crippen molar-refractivity contribution >= 4 is 33.2 Å². The second-order valence-electron chi connectivity index (χ2n) is 5.38. The Labute approximate surface area is 149 Å². The molecule has 0 aliphatic carbocycles. The average Bonchev–Trinajstić information content (AvgIpc) is 2.83. The number of fused-ring (bicyclic) bond motifs is 1. The lowest BCUT2D eigenvalue weighted by atomic mass is 10.0. The van der Waals surface area contributed by atoms with Crippen LogP contribution in [0.25, 0.3) is 0 Å². The molecule has 1 amide bonds. The molecule has 3 rings (SSSR count). The Balaban J connectivity index is 2.25. The molecule has 2 N–H and O–H groups in total. The van der Waals surface area contributed by atoms with Crippen molar-refractivity contribution in [2.75, 3.05) is 11.4 Å². The second-order valence-corrected chi connectivity index (χ2v) is 7.55. The summed E-state index contributed by atoms with van der Waals surface area (Å²) < 4.78 is 32.4. The van der Waals surface area contributed by atoms with Gasteiger partial charge in [-0.1, -0.05) is 29.8 Å². The Bertz CT molecular complexity index is 918. The summed E-state index contributed by atoms with van der Waals surface area (Å²) in [7, 11) is -2.50. The quantitative estimate of drug-likeness (QED) is 0.625. The Kier molecular flexibility index (Phi) is 4.59. The van der Waals surface area contributed by atoms with E-state index in [4.69, 9.17) is 21.5 Å². The van der Waals surface area contributed by atoms with Crippen molar-refractivity contribution in [3.05, 3.63) is 53.1 Å². The molecule has 0 fully saturated rings. The summed E-state index contributed by atoms with van der Waals surface area (Å²) in [4.78, 5) is 11.8. The minimum absolute atomic E-state index is 0.0119. The maximum Gasteiger partial charge on any atom is 0.265 e. The van der Waals surface area contributed by atoms with Gasteiger partial charge in [0.25, 0.3) is 10.0 Å². The molecular formula is C16H15ClN2O5S. The van der Waals surface area contributed by atoms with Crippen LogP contribution in [0, 0.1) is 0 Å². The lowest BCUT2D eigenvalue weighted by Crippen LogP contribution is -2.32. The highest BCUT2D eigenvalue weighted by Gasteiger charge is 2.45. The molecule has 25 heavy (non-hydrogen) atoms. The topological polar surface area (TPSA) is 95.9 Å². The van der Waals surface area contributed by atoms with E-state index in [0.29, 0.717) is 11.4 Å². The van der Waals surface area contributed by atoms with E-state index in [1.807, 2.05) is 0 Å². The van der Waals surface area contributed by atoms with E-state index in [2.05, 4.69) is 0 Å². The number of para-hydroxylation sites is 1. The van der Waals surface area contributed by atoms with Crippen LogP contribution < -0.4 is 14.5 Å². The van der Waals surface area contributed by atoms with Crippen molar-refractivity contribution in [3.63, 3.8) is 0 Å². The highest BCUT2D eigenvalue weighted by Crippen LogP contribution is 2.49. The molecule has 1 unspecified atom stereocenters. The van der Waals surface area contributed by atoms with Gasteiger partial charge in [0.1, 0.15) is 5.75 Å². The van der Waals surface area contributed by atoms with Crippen LogP contribution >= 0.6 is 11.6 Å². The highest BCUT2D eigenvalue weighted by atomic mass is 35.5. The molecule has 0 spiro atoms.